The molecule has 0 saturated carbocycles. The number of anilines is 1. The molecule has 0 aliphatic rings. The zero-order valence-electron chi connectivity index (χ0n) is 15.8. The molecule has 6 nitrogen and oxygen atoms in total. The van der Waals surface area contributed by atoms with Gasteiger partial charge in [-0.1, -0.05) is 43.7 Å². The lowest BCUT2D eigenvalue weighted by molar-refractivity contribution is 0.0697. The fourth-order valence-electron chi connectivity index (χ4n) is 2.88. The van der Waals surface area contributed by atoms with Crippen LogP contribution in [-0.4, -0.2) is 25.5 Å². The molecule has 0 heterocycles. The van der Waals surface area contributed by atoms with Gasteiger partial charge in [-0.15, -0.1) is 0 Å². The number of hydrogen-bond donors (Lipinski definition) is 3. The highest BCUT2D eigenvalue weighted by molar-refractivity contribution is 7.89. The smallest absolute Gasteiger partial charge is 0.337 e. The Labute approximate surface area is 160 Å². The molecular formula is C20H26N2O4S. The molecule has 3 N–H and O–H groups in total. The fourth-order valence-corrected chi connectivity index (χ4v) is 4.18. The molecule has 7 heteroatoms. The lowest BCUT2D eigenvalue weighted by Gasteiger charge is -2.19. The molecule has 2 atom stereocenters. The van der Waals surface area contributed by atoms with Gasteiger partial charge in [-0.2, -0.15) is 0 Å². The zero-order chi connectivity index (χ0) is 20.0. The number of rotatable bonds is 9. The summed E-state index contributed by atoms with van der Waals surface area (Å²) in [4.78, 5) is 11.6. The number of carbonyl (C=O) groups is 1. The Morgan fingerprint density at radius 1 is 1.11 bits per heavy atom. The highest BCUT2D eigenvalue weighted by Crippen LogP contribution is 2.25. The van der Waals surface area contributed by atoms with Crippen LogP contribution in [0.15, 0.2) is 53.4 Å². The van der Waals surface area contributed by atoms with Gasteiger partial charge in [0.25, 0.3) is 0 Å². The van der Waals surface area contributed by atoms with Gasteiger partial charge in [-0.25, -0.2) is 17.9 Å². The van der Waals surface area contributed by atoms with Gasteiger partial charge in [-0.3, -0.25) is 0 Å². The Hall–Kier alpha value is -2.38. The largest absolute Gasteiger partial charge is 0.478 e. The minimum atomic E-state index is -3.78. The SMILES string of the molecule is CCC[C@@H](C)NS(=O)(=O)c1ccc(N[C@H](C)c2ccccc2)c(C(=O)O)c1. The number of sulfonamides is 1. The summed E-state index contributed by atoms with van der Waals surface area (Å²) in [5, 5.41) is 12.7. The molecule has 0 unspecified atom stereocenters. The molecule has 0 spiro atoms. The lowest BCUT2D eigenvalue weighted by atomic mass is 10.1. The van der Waals surface area contributed by atoms with Crippen LogP contribution < -0.4 is 10.0 Å². The van der Waals surface area contributed by atoms with E-state index in [0.29, 0.717) is 12.1 Å². The molecule has 2 rings (SSSR count). The van der Waals surface area contributed by atoms with Crippen LogP contribution in [-0.2, 0) is 10.0 Å². The maximum Gasteiger partial charge on any atom is 0.337 e. The minimum Gasteiger partial charge on any atom is -0.478 e. The molecule has 0 aromatic heterocycles. The van der Waals surface area contributed by atoms with Crippen molar-refractivity contribution in [1.82, 2.24) is 4.72 Å². The number of benzene rings is 2. The first-order chi connectivity index (χ1) is 12.7. The van der Waals surface area contributed by atoms with E-state index in [0.717, 1.165) is 12.0 Å². The molecule has 2 aromatic carbocycles. The van der Waals surface area contributed by atoms with Crippen molar-refractivity contribution in [2.75, 3.05) is 5.32 Å². The summed E-state index contributed by atoms with van der Waals surface area (Å²) in [6.07, 6.45) is 1.56. The Morgan fingerprint density at radius 3 is 2.37 bits per heavy atom. The third kappa shape index (κ3) is 5.55. The van der Waals surface area contributed by atoms with Crippen LogP contribution in [0.1, 0.15) is 55.6 Å². The van der Waals surface area contributed by atoms with E-state index in [1.165, 1.54) is 18.2 Å². The minimum absolute atomic E-state index is 0.0548. The van der Waals surface area contributed by atoms with Crippen LogP contribution in [0.4, 0.5) is 5.69 Å². The second-order valence-corrected chi connectivity index (χ2v) is 8.31. The number of carboxylic acid groups (broad SMARTS) is 1. The average molecular weight is 391 g/mol. The van der Waals surface area contributed by atoms with Crippen LogP contribution in [0.25, 0.3) is 0 Å². The van der Waals surface area contributed by atoms with E-state index in [2.05, 4.69) is 10.0 Å². The van der Waals surface area contributed by atoms with Crippen molar-refractivity contribution in [3.63, 3.8) is 0 Å². The third-order valence-corrected chi connectivity index (χ3v) is 5.87. The number of nitrogens with one attached hydrogen (secondary N) is 2. The molecule has 2 aromatic rings. The summed E-state index contributed by atoms with van der Waals surface area (Å²) in [6.45, 7) is 5.68. The second kappa shape index (κ2) is 9.01. The summed E-state index contributed by atoms with van der Waals surface area (Å²) < 4.78 is 27.6. The van der Waals surface area contributed by atoms with Crippen LogP contribution in [0.2, 0.25) is 0 Å². The molecule has 0 radical (unpaired) electrons. The van der Waals surface area contributed by atoms with Crippen molar-refractivity contribution in [3.8, 4) is 0 Å². The third-order valence-electron chi connectivity index (χ3n) is 4.28. The highest BCUT2D eigenvalue weighted by Gasteiger charge is 2.21. The molecule has 0 aliphatic carbocycles. The van der Waals surface area contributed by atoms with Gasteiger partial charge in [0.1, 0.15) is 0 Å². The van der Waals surface area contributed by atoms with E-state index < -0.39 is 16.0 Å². The monoisotopic (exact) mass is 390 g/mol. The maximum atomic E-state index is 12.5. The molecule has 0 bridgehead atoms. The first kappa shape index (κ1) is 20.9. The highest BCUT2D eigenvalue weighted by atomic mass is 32.2. The Bertz CT molecular complexity index is 882. The number of aromatic carboxylic acids is 1. The maximum absolute atomic E-state index is 12.5. The van der Waals surface area contributed by atoms with Crippen molar-refractivity contribution in [3.05, 3.63) is 59.7 Å². The average Bonchev–Trinajstić information content (AvgIpc) is 2.62. The quantitative estimate of drug-likeness (QED) is 0.601. The molecule has 27 heavy (non-hydrogen) atoms. The first-order valence-electron chi connectivity index (χ1n) is 8.95. The van der Waals surface area contributed by atoms with Crippen LogP contribution in [0, 0.1) is 0 Å². The predicted molar refractivity (Wildman–Crippen MR) is 107 cm³/mol. The normalized spacial score (nSPS) is 13.7. The zero-order valence-corrected chi connectivity index (χ0v) is 16.6. The van der Waals surface area contributed by atoms with Crippen molar-refractivity contribution in [2.24, 2.45) is 0 Å². The number of carboxylic acids is 1. The topological polar surface area (TPSA) is 95.5 Å². The molecule has 146 valence electrons. The van der Waals surface area contributed by atoms with Gasteiger partial charge < -0.3 is 10.4 Å². The van der Waals surface area contributed by atoms with Crippen molar-refractivity contribution < 1.29 is 18.3 Å². The Morgan fingerprint density at radius 2 is 1.78 bits per heavy atom. The van der Waals surface area contributed by atoms with Crippen molar-refractivity contribution >= 4 is 21.7 Å². The molecule has 0 fully saturated rings. The summed E-state index contributed by atoms with van der Waals surface area (Å²) in [5.41, 5.74) is 1.30. The van der Waals surface area contributed by atoms with E-state index in [4.69, 9.17) is 0 Å². The summed E-state index contributed by atoms with van der Waals surface area (Å²) >= 11 is 0. The lowest BCUT2D eigenvalue weighted by Crippen LogP contribution is -2.32. The van der Waals surface area contributed by atoms with E-state index in [-0.39, 0.29) is 22.5 Å². The van der Waals surface area contributed by atoms with Crippen LogP contribution >= 0.6 is 0 Å². The molecule has 0 aliphatic heterocycles. The van der Waals surface area contributed by atoms with Gasteiger partial charge in [0.2, 0.25) is 10.0 Å². The summed E-state index contributed by atoms with van der Waals surface area (Å²) in [5.74, 6) is -1.18. The molecule has 0 saturated heterocycles. The Balaban J connectivity index is 2.30. The second-order valence-electron chi connectivity index (χ2n) is 6.60. The number of hydrogen-bond acceptors (Lipinski definition) is 4. The predicted octanol–water partition coefficient (Wildman–Crippen LogP) is 4.02. The fraction of sp³-hybridized carbons (Fsp3) is 0.350. The van der Waals surface area contributed by atoms with E-state index in [1.807, 2.05) is 44.2 Å². The summed E-state index contributed by atoms with van der Waals surface area (Å²) in [6, 6.07) is 13.4. The van der Waals surface area contributed by atoms with E-state index >= 15 is 0 Å². The van der Waals surface area contributed by atoms with Crippen molar-refractivity contribution in [2.45, 2.75) is 50.6 Å². The van der Waals surface area contributed by atoms with E-state index in [9.17, 15) is 18.3 Å². The van der Waals surface area contributed by atoms with Crippen LogP contribution in [0.5, 0.6) is 0 Å². The van der Waals surface area contributed by atoms with Crippen LogP contribution in [0.3, 0.4) is 0 Å². The standard InChI is InChI=1S/C20H26N2O4S/c1-4-8-14(2)22-27(25,26)17-11-12-19(18(13-17)20(23)24)21-15(3)16-9-6-5-7-10-16/h5-7,9-15,21-22H,4,8H2,1-3H3,(H,23,24)/t14-,15-/m1/s1. The van der Waals surface area contributed by atoms with Gasteiger partial charge in [0.05, 0.1) is 10.5 Å². The first-order valence-corrected chi connectivity index (χ1v) is 10.4. The Kier molecular flexibility index (Phi) is 6.98. The molecular weight excluding hydrogens is 364 g/mol. The van der Waals surface area contributed by atoms with Gasteiger partial charge >= 0.3 is 5.97 Å². The van der Waals surface area contributed by atoms with Crippen molar-refractivity contribution in [1.29, 1.82) is 0 Å². The van der Waals surface area contributed by atoms with Gasteiger partial charge in [0, 0.05) is 17.8 Å². The van der Waals surface area contributed by atoms with Gasteiger partial charge in [-0.05, 0) is 44.0 Å². The molecule has 0 amide bonds. The van der Waals surface area contributed by atoms with Gasteiger partial charge in [0.15, 0.2) is 0 Å². The summed E-state index contributed by atoms with van der Waals surface area (Å²) in [7, 11) is -3.78. The van der Waals surface area contributed by atoms with E-state index in [1.54, 1.807) is 6.92 Å².